The van der Waals surface area contributed by atoms with Crippen LogP contribution in [0.4, 0.5) is 0 Å². The Bertz CT molecular complexity index is 1200. The quantitative estimate of drug-likeness (QED) is 0.262. The highest BCUT2D eigenvalue weighted by Crippen LogP contribution is 2.44. The second kappa shape index (κ2) is 12.2. The van der Waals surface area contributed by atoms with Crippen molar-refractivity contribution in [2.45, 2.75) is 19.9 Å². The third-order valence-corrected chi connectivity index (χ3v) is 6.24. The Morgan fingerprint density at radius 1 is 0.973 bits per heavy atom. The van der Waals surface area contributed by atoms with E-state index in [-0.39, 0.29) is 28.5 Å². The summed E-state index contributed by atoms with van der Waals surface area (Å²) in [6, 6.07) is 7.32. The first-order valence-corrected chi connectivity index (χ1v) is 12.3. The van der Waals surface area contributed by atoms with E-state index in [0.29, 0.717) is 42.6 Å². The molecule has 0 aromatic heterocycles. The fourth-order valence-electron chi connectivity index (χ4n) is 4.19. The maximum Gasteiger partial charge on any atom is 0.295 e. The van der Waals surface area contributed by atoms with Gasteiger partial charge in [-0.15, -0.1) is 0 Å². The topological polar surface area (TPSA) is 97.8 Å². The lowest BCUT2D eigenvalue weighted by molar-refractivity contribution is -0.140. The van der Waals surface area contributed by atoms with Crippen LogP contribution >= 0.6 is 11.6 Å². The largest absolute Gasteiger partial charge is 0.507 e. The van der Waals surface area contributed by atoms with E-state index in [9.17, 15) is 14.7 Å². The molecule has 1 fully saturated rings. The molecule has 0 bridgehead atoms. The number of amides is 1. The van der Waals surface area contributed by atoms with Crippen molar-refractivity contribution < 1.29 is 33.6 Å². The monoisotopic (exact) mass is 532 g/mol. The molecule has 2 aromatic rings. The van der Waals surface area contributed by atoms with Gasteiger partial charge in [0.2, 0.25) is 0 Å². The summed E-state index contributed by atoms with van der Waals surface area (Å²) in [5, 5.41) is 11.7. The molecular weight excluding hydrogens is 500 g/mol. The number of hydrogen-bond donors (Lipinski definition) is 1. The standard InChI is InChI=1S/C27H33ClN2O7/c1-7-36-19-10-9-16(13-22(19)37-8-2)24-23(26(32)27(33)30(24)12-11-29(3)4)25(31)17-14-18(28)21(35-6)15-20(17)34-5/h9-10,13-15,24,31H,7-8,11-12H2,1-6H3/b25-23+. The molecule has 1 heterocycles. The lowest BCUT2D eigenvalue weighted by atomic mass is 9.94. The van der Waals surface area contributed by atoms with Crippen LogP contribution in [-0.4, -0.2) is 81.2 Å². The van der Waals surface area contributed by atoms with Crippen LogP contribution in [0.25, 0.3) is 5.76 Å². The van der Waals surface area contributed by atoms with E-state index in [1.54, 1.807) is 18.2 Å². The number of rotatable bonds is 11. The Balaban J connectivity index is 2.26. The van der Waals surface area contributed by atoms with E-state index in [0.717, 1.165) is 0 Å². The molecule has 200 valence electrons. The number of aliphatic hydroxyl groups excluding tert-OH is 1. The van der Waals surface area contributed by atoms with Gasteiger partial charge in [-0.25, -0.2) is 0 Å². The number of likely N-dealkylation sites (N-methyl/N-ethyl adjacent to an activating group) is 1. The Morgan fingerprint density at radius 2 is 1.62 bits per heavy atom. The van der Waals surface area contributed by atoms with Gasteiger partial charge in [-0.3, -0.25) is 9.59 Å². The van der Waals surface area contributed by atoms with Crippen LogP contribution in [0.3, 0.4) is 0 Å². The molecule has 9 nitrogen and oxygen atoms in total. The van der Waals surface area contributed by atoms with Crippen molar-refractivity contribution in [1.82, 2.24) is 9.80 Å². The first-order valence-electron chi connectivity index (χ1n) is 11.9. The van der Waals surface area contributed by atoms with Gasteiger partial charge in [-0.1, -0.05) is 17.7 Å². The molecule has 2 aromatic carbocycles. The third-order valence-electron chi connectivity index (χ3n) is 5.94. The number of carbonyl (C=O) groups excluding carboxylic acids is 2. The van der Waals surface area contributed by atoms with Crippen LogP contribution < -0.4 is 18.9 Å². The SMILES string of the molecule is CCOc1ccc(C2/C(=C(\O)c3cc(Cl)c(OC)cc3OC)C(=O)C(=O)N2CCN(C)C)cc1OCC. The van der Waals surface area contributed by atoms with Crippen LogP contribution in [0.1, 0.15) is 31.0 Å². The lowest BCUT2D eigenvalue weighted by Gasteiger charge is -2.27. The van der Waals surface area contributed by atoms with E-state index >= 15 is 0 Å². The van der Waals surface area contributed by atoms with E-state index in [2.05, 4.69) is 0 Å². The van der Waals surface area contributed by atoms with Crippen molar-refractivity contribution in [2.24, 2.45) is 0 Å². The van der Waals surface area contributed by atoms with Gasteiger partial charge in [0.15, 0.2) is 11.5 Å². The zero-order chi connectivity index (χ0) is 27.3. The summed E-state index contributed by atoms with van der Waals surface area (Å²) >= 11 is 6.33. The fourth-order valence-corrected chi connectivity index (χ4v) is 4.43. The number of likely N-dealkylation sites (tertiary alicyclic amines) is 1. The first kappa shape index (κ1) is 28.1. The number of hydrogen-bond acceptors (Lipinski definition) is 8. The molecule has 10 heteroatoms. The third kappa shape index (κ3) is 5.78. The van der Waals surface area contributed by atoms with Gasteiger partial charge >= 0.3 is 0 Å². The first-order chi connectivity index (χ1) is 17.7. The van der Waals surface area contributed by atoms with Crippen molar-refractivity contribution in [3.63, 3.8) is 0 Å². The van der Waals surface area contributed by atoms with E-state index < -0.39 is 23.5 Å². The Hall–Kier alpha value is -3.43. The average Bonchev–Trinajstić information content (AvgIpc) is 3.13. The average molecular weight is 533 g/mol. The Kier molecular flexibility index (Phi) is 9.29. The van der Waals surface area contributed by atoms with Crippen molar-refractivity contribution in [3.05, 3.63) is 52.1 Å². The molecule has 1 aliphatic rings. The summed E-state index contributed by atoms with van der Waals surface area (Å²) in [4.78, 5) is 30.0. The zero-order valence-corrected chi connectivity index (χ0v) is 22.7. The Morgan fingerprint density at radius 3 is 2.22 bits per heavy atom. The molecule has 0 aliphatic carbocycles. The second-order valence-electron chi connectivity index (χ2n) is 8.56. The molecule has 0 saturated carbocycles. The number of ether oxygens (including phenoxy) is 4. The predicted molar refractivity (Wildman–Crippen MR) is 141 cm³/mol. The molecule has 1 unspecified atom stereocenters. The van der Waals surface area contributed by atoms with Crippen molar-refractivity contribution in [3.8, 4) is 23.0 Å². The number of ketones is 1. The molecule has 0 spiro atoms. The van der Waals surface area contributed by atoms with Gasteiger partial charge in [-0.2, -0.15) is 0 Å². The highest BCUT2D eigenvalue weighted by Gasteiger charge is 2.46. The van der Waals surface area contributed by atoms with Gasteiger partial charge < -0.3 is 33.9 Å². The Labute approximate surface area is 222 Å². The van der Waals surface area contributed by atoms with Crippen LogP contribution in [0, 0.1) is 0 Å². The molecule has 1 amide bonds. The predicted octanol–water partition coefficient (Wildman–Crippen LogP) is 4.14. The van der Waals surface area contributed by atoms with E-state index in [4.69, 9.17) is 30.5 Å². The van der Waals surface area contributed by atoms with E-state index in [1.807, 2.05) is 32.8 Å². The van der Waals surface area contributed by atoms with Gasteiger partial charge in [0.25, 0.3) is 11.7 Å². The van der Waals surface area contributed by atoms with Crippen molar-refractivity contribution >= 4 is 29.1 Å². The molecule has 1 N–H and O–H groups in total. The number of benzene rings is 2. The summed E-state index contributed by atoms with van der Waals surface area (Å²) < 4.78 is 22.1. The van der Waals surface area contributed by atoms with Gasteiger partial charge in [0.1, 0.15) is 17.3 Å². The van der Waals surface area contributed by atoms with Gasteiger partial charge in [-0.05, 0) is 51.7 Å². The summed E-state index contributed by atoms with van der Waals surface area (Å²) in [6.45, 7) is 5.33. The smallest absolute Gasteiger partial charge is 0.295 e. The minimum Gasteiger partial charge on any atom is -0.507 e. The second-order valence-corrected chi connectivity index (χ2v) is 8.96. The van der Waals surface area contributed by atoms with Crippen LogP contribution in [0.5, 0.6) is 23.0 Å². The number of Topliss-reactive ketones (excluding diaryl/α,β-unsaturated/α-hetero) is 1. The molecule has 0 radical (unpaired) electrons. The number of methoxy groups -OCH3 is 2. The van der Waals surface area contributed by atoms with Crippen LogP contribution in [0.15, 0.2) is 35.9 Å². The summed E-state index contributed by atoms with van der Waals surface area (Å²) in [7, 11) is 6.63. The van der Waals surface area contributed by atoms with Crippen LogP contribution in [0.2, 0.25) is 5.02 Å². The number of nitrogens with zero attached hydrogens (tertiary/aromatic N) is 2. The lowest BCUT2D eigenvalue weighted by Crippen LogP contribution is -2.35. The molecule has 3 rings (SSSR count). The number of aliphatic hydroxyl groups is 1. The fraction of sp³-hybridized carbons (Fsp3) is 0.407. The summed E-state index contributed by atoms with van der Waals surface area (Å²) in [5.74, 6) is -0.318. The van der Waals surface area contributed by atoms with Crippen LogP contribution in [-0.2, 0) is 9.59 Å². The highest BCUT2D eigenvalue weighted by atomic mass is 35.5. The summed E-state index contributed by atoms with van der Waals surface area (Å²) in [5.41, 5.74) is 0.680. The normalized spacial score (nSPS) is 16.9. The molecule has 1 saturated heterocycles. The molecule has 1 aliphatic heterocycles. The molecule has 37 heavy (non-hydrogen) atoms. The molecule has 1 atom stereocenters. The van der Waals surface area contributed by atoms with Crippen molar-refractivity contribution in [2.75, 3.05) is 54.6 Å². The minimum atomic E-state index is -0.875. The number of halogens is 1. The highest BCUT2D eigenvalue weighted by molar-refractivity contribution is 6.46. The molecular formula is C27H33ClN2O7. The van der Waals surface area contributed by atoms with Crippen molar-refractivity contribution in [1.29, 1.82) is 0 Å². The maximum absolute atomic E-state index is 13.4. The van der Waals surface area contributed by atoms with E-state index in [1.165, 1.54) is 31.3 Å². The van der Waals surface area contributed by atoms with Gasteiger partial charge in [0, 0.05) is 19.2 Å². The zero-order valence-electron chi connectivity index (χ0n) is 22.0. The summed E-state index contributed by atoms with van der Waals surface area (Å²) in [6.07, 6.45) is 0. The van der Waals surface area contributed by atoms with Gasteiger partial charge in [0.05, 0.1) is 49.6 Å². The maximum atomic E-state index is 13.4. The minimum absolute atomic E-state index is 0.0742. The number of carbonyl (C=O) groups is 2.